The van der Waals surface area contributed by atoms with Gasteiger partial charge in [-0.25, -0.2) is 4.79 Å². The van der Waals surface area contributed by atoms with Crippen molar-refractivity contribution in [3.8, 4) is 28.7 Å². The summed E-state index contributed by atoms with van der Waals surface area (Å²) in [4.78, 5) is 11.9. The quantitative estimate of drug-likeness (QED) is 0.378. The monoisotopic (exact) mass is 465 g/mol. The van der Waals surface area contributed by atoms with Crippen molar-refractivity contribution in [1.82, 2.24) is 0 Å². The minimum absolute atomic E-state index is 0.123. The van der Waals surface area contributed by atoms with Crippen LogP contribution in [0.2, 0.25) is 0 Å². The lowest BCUT2D eigenvalue weighted by Gasteiger charge is -2.13. The Morgan fingerprint density at radius 2 is 1.62 bits per heavy atom. The molecule has 10 heteroatoms. The van der Waals surface area contributed by atoms with Crippen LogP contribution in [0.1, 0.15) is 11.1 Å². The van der Waals surface area contributed by atoms with Crippen LogP contribution in [-0.2, 0) is 21.3 Å². The number of benzene rings is 2. The minimum Gasteiger partial charge on any atom is -0.496 e. The van der Waals surface area contributed by atoms with Crippen LogP contribution < -0.4 is 29.4 Å². The summed E-state index contributed by atoms with van der Waals surface area (Å²) >= 11 is 0. The van der Waals surface area contributed by atoms with Gasteiger partial charge in [0.2, 0.25) is 0 Å². The van der Waals surface area contributed by atoms with Crippen molar-refractivity contribution in [2.75, 3.05) is 35.0 Å². The molecule has 0 bridgehead atoms. The van der Waals surface area contributed by atoms with Gasteiger partial charge < -0.3 is 34.5 Å². The SMILES string of the molecule is COc1cc(OC)c(C=CS(=O)Cc2ccc(OC)c(OC(=O)C(N)CO)c2)c(OC)c1. The summed E-state index contributed by atoms with van der Waals surface area (Å²) < 4.78 is 39.1. The van der Waals surface area contributed by atoms with Crippen molar-refractivity contribution in [3.63, 3.8) is 0 Å². The summed E-state index contributed by atoms with van der Waals surface area (Å²) in [6, 6.07) is 7.08. The van der Waals surface area contributed by atoms with Gasteiger partial charge in [0, 0.05) is 17.5 Å². The first-order chi connectivity index (χ1) is 15.4. The molecule has 0 aliphatic heterocycles. The summed E-state index contributed by atoms with van der Waals surface area (Å²) in [5, 5.41) is 10.5. The normalized spacial score (nSPS) is 12.8. The zero-order valence-corrected chi connectivity index (χ0v) is 19.1. The standard InChI is InChI=1S/C22H27NO8S/c1-27-15-10-19(29-3)16(20(11-15)30-4)7-8-32(26)13-14-5-6-18(28-2)21(9-14)31-22(25)17(23)12-24/h5-11,17,24H,12-13,23H2,1-4H3. The molecule has 0 amide bonds. The first-order valence-corrected chi connectivity index (χ1v) is 10.8. The van der Waals surface area contributed by atoms with Crippen LogP contribution >= 0.6 is 0 Å². The Kier molecular flexibility index (Phi) is 9.51. The molecule has 0 aliphatic carbocycles. The third-order valence-corrected chi connectivity index (χ3v) is 5.44. The number of rotatable bonds is 11. The highest BCUT2D eigenvalue weighted by Crippen LogP contribution is 2.35. The summed E-state index contributed by atoms with van der Waals surface area (Å²) in [5.41, 5.74) is 6.74. The van der Waals surface area contributed by atoms with Gasteiger partial charge in [0.05, 0.1) is 57.2 Å². The van der Waals surface area contributed by atoms with E-state index in [-0.39, 0.29) is 11.5 Å². The maximum absolute atomic E-state index is 12.7. The first kappa shape index (κ1) is 25.2. The fourth-order valence-corrected chi connectivity index (χ4v) is 3.59. The Morgan fingerprint density at radius 3 is 2.16 bits per heavy atom. The van der Waals surface area contributed by atoms with Gasteiger partial charge >= 0.3 is 5.97 Å². The maximum Gasteiger partial charge on any atom is 0.330 e. The molecule has 2 rings (SSSR count). The molecule has 0 radical (unpaired) electrons. The topological polar surface area (TPSA) is 127 Å². The number of nitrogens with two attached hydrogens (primary N) is 1. The molecule has 0 aromatic heterocycles. The smallest absolute Gasteiger partial charge is 0.330 e. The number of carbonyl (C=O) groups is 1. The molecule has 0 heterocycles. The van der Waals surface area contributed by atoms with Crippen molar-refractivity contribution in [2.24, 2.45) is 5.73 Å². The molecule has 9 nitrogen and oxygen atoms in total. The zero-order valence-electron chi connectivity index (χ0n) is 18.3. The first-order valence-electron chi connectivity index (χ1n) is 9.47. The van der Waals surface area contributed by atoms with Gasteiger partial charge in [0.15, 0.2) is 11.5 Å². The number of hydrogen-bond acceptors (Lipinski definition) is 9. The summed E-state index contributed by atoms with van der Waals surface area (Å²) in [7, 11) is 4.59. The highest BCUT2D eigenvalue weighted by atomic mass is 32.2. The average Bonchev–Trinajstić information content (AvgIpc) is 2.81. The van der Waals surface area contributed by atoms with E-state index in [1.807, 2.05) is 0 Å². The number of hydrogen-bond donors (Lipinski definition) is 2. The Hall–Kier alpha value is -3.08. The predicted molar refractivity (Wildman–Crippen MR) is 121 cm³/mol. The largest absolute Gasteiger partial charge is 0.496 e. The van der Waals surface area contributed by atoms with Crippen molar-refractivity contribution in [3.05, 3.63) is 46.9 Å². The Bertz CT molecular complexity index is 967. The molecule has 0 saturated heterocycles. The second-order valence-corrected chi connectivity index (χ2v) is 7.79. The summed E-state index contributed by atoms with van der Waals surface area (Å²) in [5.74, 6) is 1.36. The van der Waals surface area contributed by atoms with E-state index in [0.717, 1.165) is 0 Å². The maximum atomic E-state index is 12.7. The summed E-state index contributed by atoms with van der Waals surface area (Å²) in [6.07, 6.45) is 1.65. The Morgan fingerprint density at radius 1 is 1.00 bits per heavy atom. The molecule has 32 heavy (non-hydrogen) atoms. The van der Waals surface area contributed by atoms with Gasteiger partial charge in [-0.05, 0) is 23.8 Å². The molecule has 0 saturated carbocycles. The van der Waals surface area contributed by atoms with Crippen LogP contribution in [-0.4, -0.2) is 56.4 Å². The average molecular weight is 466 g/mol. The van der Waals surface area contributed by atoms with E-state index in [4.69, 9.17) is 34.5 Å². The van der Waals surface area contributed by atoms with Gasteiger partial charge in [0.25, 0.3) is 0 Å². The minimum atomic E-state index is -1.41. The number of aliphatic hydroxyl groups is 1. The predicted octanol–water partition coefficient (Wildman–Crippen LogP) is 1.87. The van der Waals surface area contributed by atoms with Crippen LogP contribution in [0.3, 0.4) is 0 Å². The molecular weight excluding hydrogens is 438 g/mol. The molecule has 2 atom stereocenters. The highest BCUT2D eigenvalue weighted by Gasteiger charge is 2.18. The van der Waals surface area contributed by atoms with E-state index >= 15 is 0 Å². The van der Waals surface area contributed by atoms with E-state index in [0.29, 0.717) is 34.1 Å². The number of methoxy groups -OCH3 is 4. The lowest BCUT2D eigenvalue weighted by Crippen LogP contribution is -2.37. The number of aliphatic hydroxyl groups excluding tert-OH is 1. The molecular formula is C22H27NO8S. The van der Waals surface area contributed by atoms with Crippen molar-refractivity contribution < 1.29 is 37.8 Å². The van der Waals surface area contributed by atoms with Crippen molar-refractivity contribution >= 4 is 22.8 Å². The van der Waals surface area contributed by atoms with Crippen LogP contribution in [0.4, 0.5) is 0 Å². The fourth-order valence-electron chi connectivity index (χ4n) is 2.70. The zero-order chi connectivity index (χ0) is 23.7. The molecule has 0 aliphatic rings. The molecule has 0 spiro atoms. The van der Waals surface area contributed by atoms with Crippen molar-refractivity contribution in [1.29, 1.82) is 0 Å². The van der Waals surface area contributed by atoms with Crippen LogP contribution in [0.25, 0.3) is 6.08 Å². The third-order valence-electron chi connectivity index (χ3n) is 4.39. The Balaban J connectivity index is 2.22. The molecule has 174 valence electrons. The second kappa shape index (κ2) is 12.1. The molecule has 0 fully saturated rings. The van der Waals surface area contributed by atoms with Gasteiger partial charge in [-0.1, -0.05) is 6.07 Å². The summed E-state index contributed by atoms with van der Waals surface area (Å²) in [6.45, 7) is -0.548. The van der Waals surface area contributed by atoms with Crippen LogP contribution in [0, 0.1) is 0 Å². The second-order valence-electron chi connectivity index (χ2n) is 6.47. The van der Waals surface area contributed by atoms with Gasteiger partial charge in [-0.15, -0.1) is 0 Å². The number of carbonyl (C=O) groups excluding carboxylic acids is 1. The van der Waals surface area contributed by atoms with Crippen LogP contribution in [0.15, 0.2) is 35.7 Å². The number of ether oxygens (including phenoxy) is 5. The molecule has 2 unspecified atom stereocenters. The molecule has 2 aromatic carbocycles. The number of esters is 1. The van der Waals surface area contributed by atoms with Gasteiger partial charge in [0.1, 0.15) is 23.3 Å². The van der Waals surface area contributed by atoms with E-state index in [1.165, 1.54) is 33.8 Å². The van der Waals surface area contributed by atoms with E-state index in [1.54, 1.807) is 36.4 Å². The fraction of sp³-hybridized carbons (Fsp3) is 0.318. The van der Waals surface area contributed by atoms with Crippen molar-refractivity contribution in [2.45, 2.75) is 11.8 Å². The molecule has 2 aromatic rings. The van der Waals surface area contributed by atoms with Crippen LogP contribution in [0.5, 0.6) is 28.7 Å². The van der Waals surface area contributed by atoms with Gasteiger partial charge in [-0.3, -0.25) is 4.21 Å². The van der Waals surface area contributed by atoms with E-state index in [2.05, 4.69) is 0 Å². The third kappa shape index (κ3) is 6.46. The van der Waals surface area contributed by atoms with Gasteiger partial charge in [-0.2, -0.15) is 0 Å². The Labute approximate surface area is 189 Å². The lowest BCUT2D eigenvalue weighted by molar-refractivity contribution is -0.136. The van der Waals surface area contributed by atoms with E-state index < -0.39 is 29.4 Å². The highest BCUT2D eigenvalue weighted by molar-refractivity contribution is 7.87. The molecule has 3 N–H and O–H groups in total. The lowest BCUT2D eigenvalue weighted by atomic mass is 10.1. The van der Waals surface area contributed by atoms with E-state index in [9.17, 15) is 9.00 Å².